The monoisotopic (exact) mass is 441 g/mol. The summed E-state index contributed by atoms with van der Waals surface area (Å²) in [7, 11) is -1.99. The number of rotatable bonds is 8. The molecule has 8 heteroatoms. The van der Waals surface area contributed by atoms with Crippen LogP contribution in [-0.2, 0) is 10.2 Å². The molecule has 0 radical (unpaired) electrons. The first-order valence-corrected chi connectivity index (χ1v) is 9.71. The normalized spacial score (nSPS) is 11.9. The van der Waals surface area contributed by atoms with E-state index < -0.39 is 10.2 Å². The Labute approximate surface area is 143 Å². The Bertz CT molecular complexity index is 556. The number of benzene rings is 1. The van der Waals surface area contributed by atoms with Gasteiger partial charge in [-0.1, -0.05) is 6.92 Å². The minimum atomic E-state index is -3.56. The van der Waals surface area contributed by atoms with Gasteiger partial charge in [0.25, 0.3) is 0 Å². The van der Waals surface area contributed by atoms with Gasteiger partial charge in [0.05, 0.1) is 5.69 Å². The molecule has 0 bridgehead atoms. The fourth-order valence-electron chi connectivity index (χ4n) is 1.73. The molecule has 2 N–H and O–H groups in total. The number of nitrogens with zero attached hydrogens (tertiary/aromatic N) is 1. The molecule has 21 heavy (non-hydrogen) atoms. The summed E-state index contributed by atoms with van der Waals surface area (Å²) in [5, 5.41) is 3.17. The lowest BCUT2D eigenvalue weighted by atomic mass is 10.2. The Morgan fingerprint density at radius 3 is 2.33 bits per heavy atom. The highest BCUT2D eigenvalue weighted by Gasteiger charge is 2.20. The van der Waals surface area contributed by atoms with E-state index in [2.05, 4.69) is 41.9 Å². The van der Waals surface area contributed by atoms with E-state index in [0.29, 0.717) is 21.2 Å². The summed E-state index contributed by atoms with van der Waals surface area (Å²) >= 11 is 6.77. The number of halogens is 2. The number of nitrogens with one attached hydrogen (secondary N) is 2. The largest absolute Gasteiger partial charge is 0.317 e. The fourth-order valence-corrected chi connectivity index (χ4v) is 4.61. The minimum Gasteiger partial charge on any atom is -0.317 e. The van der Waals surface area contributed by atoms with E-state index in [1.54, 1.807) is 7.05 Å². The average Bonchev–Trinajstić information content (AvgIpc) is 2.38. The Kier molecular flexibility index (Phi) is 7.63. The summed E-state index contributed by atoms with van der Waals surface area (Å²) in [5.74, 6) is 0. The average molecular weight is 443 g/mol. The molecule has 0 amide bonds. The van der Waals surface area contributed by atoms with E-state index in [9.17, 15) is 8.42 Å². The van der Waals surface area contributed by atoms with Crippen LogP contribution >= 0.6 is 31.9 Å². The third-order valence-corrected chi connectivity index (χ3v) is 5.62. The summed E-state index contributed by atoms with van der Waals surface area (Å²) in [4.78, 5) is 0. The van der Waals surface area contributed by atoms with E-state index in [1.165, 1.54) is 4.31 Å². The van der Waals surface area contributed by atoms with Gasteiger partial charge >= 0.3 is 10.2 Å². The third kappa shape index (κ3) is 5.86. The van der Waals surface area contributed by atoms with Crippen molar-refractivity contribution in [3.63, 3.8) is 0 Å². The van der Waals surface area contributed by atoms with Gasteiger partial charge in [-0.15, -0.1) is 0 Å². The second-order valence-electron chi connectivity index (χ2n) is 4.74. The Hall–Kier alpha value is -0.150. The van der Waals surface area contributed by atoms with Crippen LogP contribution in [0.15, 0.2) is 21.1 Å². The third-order valence-electron chi connectivity index (χ3n) is 2.90. The fraction of sp³-hybridized carbons (Fsp3) is 0.538. The van der Waals surface area contributed by atoms with Crippen LogP contribution in [0.25, 0.3) is 0 Å². The second-order valence-corrected chi connectivity index (χ2v) is 8.23. The van der Waals surface area contributed by atoms with Crippen LogP contribution in [0, 0.1) is 6.92 Å². The summed E-state index contributed by atoms with van der Waals surface area (Å²) < 4.78 is 30.0. The zero-order valence-corrected chi connectivity index (χ0v) is 16.4. The molecule has 0 fully saturated rings. The molecule has 0 aromatic heterocycles. The second kappa shape index (κ2) is 8.47. The summed E-state index contributed by atoms with van der Waals surface area (Å²) in [5.41, 5.74) is 1.55. The van der Waals surface area contributed by atoms with E-state index in [0.717, 1.165) is 25.1 Å². The summed E-state index contributed by atoms with van der Waals surface area (Å²) in [6.07, 6.45) is 0.765. The first-order valence-electron chi connectivity index (χ1n) is 6.68. The first-order chi connectivity index (χ1) is 9.77. The van der Waals surface area contributed by atoms with Gasteiger partial charge in [0.15, 0.2) is 0 Å². The van der Waals surface area contributed by atoms with Crippen molar-refractivity contribution >= 4 is 47.8 Å². The molecule has 0 aliphatic carbocycles. The maximum Gasteiger partial charge on any atom is 0.301 e. The molecule has 0 aliphatic heterocycles. The van der Waals surface area contributed by atoms with E-state index in [-0.39, 0.29) is 0 Å². The van der Waals surface area contributed by atoms with Crippen LogP contribution in [0.3, 0.4) is 0 Å². The van der Waals surface area contributed by atoms with Crippen molar-refractivity contribution in [3.8, 4) is 0 Å². The summed E-state index contributed by atoms with van der Waals surface area (Å²) in [6, 6.07) is 3.74. The molecule has 120 valence electrons. The molecule has 0 spiro atoms. The molecule has 0 aliphatic rings. The lowest BCUT2D eigenvalue weighted by molar-refractivity contribution is 0.459. The van der Waals surface area contributed by atoms with Crippen molar-refractivity contribution in [3.05, 3.63) is 26.6 Å². The zero-order valence-electron chi connectivity index (χ0n) is 12.4. The minimum absolute atomic E-state index is 0.462. The van der Waals surface area contributed by atoms with Crippen LogP contribution in [0.1, 0.15) is 18.9 Å². The van der Waals surface area contributed by atoms with Gasteiger partial charge in [0.1, 0.15) is 0 Å². The number of anilines is 1. The quantitative estimate of drug-likeness (QED) is 0.608. The standard InChI is InChI=1S/C13H21Br2N3O2S/c1-4-16-6-5-7-18(3)21(19,20)17-13-11(14)8-10(2)9-12(13)15/h8-9,16-17H,4-7H2,1-3H3. The van der Waals surface area contributed by atoms with Crippen molar-refractivity contribution in [2.75, 3.05) is 31.4 Å². The topological polar surface area (TPSA) is 61.4 Å². The molecule has 0 unspecified atom stereocenters. The molecule has 0 heterocycles. The lowest BCUT2D eigenvalue weighted by Gasteiger charge is -2.20. The predicted octanol–water partition coefficient (Wildman–Crippen LogP) is 3.11. The molecule has 5 nitrogen and oxygen atoms in total. The van der Waals surface area contributed by atoms with E-state index >= 15 is 0 Å². The van der Waals surface area contributed by atoms with Crippen LogP contribution in [0.4, 0.5) is 5.69 Å². The van der Waals surface area contributed by atoms with Crippen molar-refractivity contribution in [2.45, 2.75) is 20.3 Å². The van der Waals surface area contributed by atoms with Crippen LogP contribution in [0.5, 0.6) is 0 Å². The number of aryl methyl sites for hydroxylation is 1. The lowest BCUT2D eigenvalue weighted by Crippen LogP contribution is -2.34. The van der Waals surface area contributed by atoms with Crippen molar-refractivity contribution in [2.24, 2.45) is 0 Å². The van der Waals surface area contributed by atoms with Gasteiger partial charge in [-0.25, -0.2) is 0 Å². The smallest absolute Gasteiger partial charge is 0.301 e. The first kappa shape index (κ1) is 18.9. The molecule has 0 atom stereocenters. The van der Waals surface area contributed by atoms with E-state index in [1.807, 2.05) is 26.0 Å². The molecule has 1 rings (SSSR count). The van der Waals surface area contributed by atoms with Crippen molar-refractivity contribution in [1.29, 1.82) is 0 Å². The predicted molar refractivity (Wildman–Crippen MR) is 94.9 cm³/mol. The van der Waals surface area contributed by atoms with Gasteiger partial charge < -0.3 is 5.32 Å². The molecular weight excluding hydrogens is 422 g/mol. The SMILES string of the molecule is CCNCCCN(C)S(=O)(=O)Nc1c(Br)cc(C)cc1Br. The maximum absolute atomic E-state index is 12.3. The maximum atomic E-state index is 12.3. The molecule has 1 aromatic rings. The van der Waals surface area contributed by atoms with Crippen LogP contribution in [-0.4, -0.2) is 39.4 Å². The van der Waals surface area contributed by atoms with Gasteiger partial charge in [0, 0.05) is 22.5 Å². The van der Waals surface area contributed by atoms with E-state index in [4.69, 9.17) is 0 Å². The molecule has 0 saturated carbocycles. The van der Waals surface area contributed by atoms with Crippen LogP contribution < -0.4 is 10.0 Å². The summed E-state index contributed by atoms with van der Waals surface area (Å²) in [6.45, 7) is 6.12. The Morgan fingerprint density at radius 2 is 1.81 bits per heavy atom. The highest BCUT2D eigenvalue weighted by atomic mass is 79.9. The Balaban J connectivity index is 2.76. The highest BCUT2D eigenvalue weighted by molar-refractivity contribution is 9.11. The van der Waals surface area contributed by atoms with Crippen molar-refractivity contribution < 1.29 is 8.42 Å². The van der Waals surface area contributed by atoms with Crippen LogP contribution in [0.2, 0.25) is 0 Å². The van der Waals surface area contributed by atoms with Gasteiger partial charge in [-0.3, -0.25) is 4.72 Å². The molecule has 0 saturated heterocycles. The van der Waals surface area contributed by atoms with Gasteiger partial charge in [-0.2, -0.15) is 12.7 Å². The Morgan fingerprint density at radius 1 is 1.24 bits per heavy atom. The zero-order chi connectivity index (χ0) is 16.0. The molecule has 1 aromatic carbocycles. The van der Waals surface area contributed by atoms with Gasteiger partial charge in [0.2, 0.25) is 0 Å². The van der Waals surface area contributed by atoms with Gasteiger partial charge in [-0.05, 0) is 76.0 Å². The number of hydrogen-bond donors (Lipinski definition) is 2. The number of hydrogen-bond acceptors (Lipinski definition) is 3. The highest BCUT2D eigenvalue weighted by Crippen LogP contribution is 2.33. The molecular formula is C13H21Br2N3O2S. The van der Waals surface area contributed by atoms with Crippen molar-refractivity contribution in [1.82, 2.24) is 9.62 Å².